The second-order valence-electron chi connectivity index (χ2n) is 5.82. The Bertz CT molecular complexity index is 1030. The van der Waals surface area contributed by atoms with Crippen molar-refractivity contribution in [1.82, 2.24) is 19.6 Å². The molecule has 7 nitrogen and oxygen atoms in total. The van der Waals surface area contributed by atoms with E-state index in [0.29, 0.717) is 16.9 Å². The number of thioether (sulfide) groups is 1. The van der Waals surface area contributed by atoms with Crippen LogP contribution in [-0.2, 0) is 4.79 Å². The van der Waals surface area contributed by atoms with Crippen LogP contribution in [0, 0.1) is 11.6 Å². The number of anilines is 1. The number of fused-ring (bicyclic) bond motifs is 1. The first-order valence-electron chi connectivity index (χ1n) is 7.71. The zero-order chi connectivity index (χ0) is 18.8. The number of amides is 1. The van der Waals surface area contributed by atoms with Crippen molar-refractivity contribution in [2.75, 3.05) is 11.1 Å². The number of hydrogen-bond donors (Lipinski definition) is 2. The fraction of sp³-hybridized carbons (Fsp3) is 0.250. The average molecular weight is 379 g/mol. The van der Waals surface area contributed by atoms with E-state index in [1.54, 1.807) is 4.40 Å². The molecule has 0 aliphatic heterocycles. The van der Waals surface area contributed by atoms with Crippen molar-refractivity contribution in [3.63, 3.8) is 0 Å². The molecule has 0 bridgehead atoms. The second-order valence-corrected chi connectivity index (χ2v) is 6.76. The van der Waals surface area contributed by atoms with Crippen LogP contribution in [-0.4, -0.2) is 31.2 Å². The zero-order valence-corrected chi connectivity index (χ0v) is 14.7. The summed E-state index contributed by atoms with van der Waals surface area (Å²) in [6.07, 6.45) is 0. The average Bonchev–Trinajstić information content (AvgIpc) is 2.97. The van der Waals surface area contributed by atoms with Gasteiger partial charge in [-0.05, 0) is 18.1 Å². The number of hydrogen-bond acceptors (Lipinski definition) is 5. The highest BCUT2D eigenvalue weighted by atomic mass is 32.2. The Morgan fingerprint density at radius 3 is 2.77 bits per heavy atom. The van der Waals surface area contributed by atoms with E-state index in [4.69, 9.17) is 0 Å². The standard InChI is InChI=1S/C16H15F2N5O2S/c1-8(2)12-6-13(24)20-15-21-22-16(23(12)15)26-7-14(25)19-11-4-3-9(17)5-10(11)18/h3-6,8H,7H2,1-2H3,(H,19,25)(H,20,21,24). The van der Waals surface area contributed by atoms with Crippen LogP contribution >= 0.6 is 11.8 Å². The Morgan fingerprint density at radius 2 is 2.08 bits per heavy atom. The van der Waals surface area contributed by atoms with E-state index in [1.807, 2.05) is 13.8 Å². The van der Waals surface area contributed by atoms with E-state index in [1.165, 1.54) is 6.07 Å². The number of nitrogens with zero attached hydrogens (tertiary/aromatic N) is 3. The van der Waals surface area contributed by atoms with Crippen molar-refractivity contribution in [3.05, 3.63) is 51.9 Å². The number of aromatic nitrogens is 4. The van der Waals surface area contributed by atoms with E-state index >= 15 is 0 Å². The lowest BCUT2D eigenvalue weighted by molar-refractivity contribution is -0.113. The molecule has 26 heavy (non-hydrogen) atoms. The van der Waals surface area contributed by atoms with E-state index in [9.17, 15) is 18.4 Å². The van der Waals surface area contributed by atoms with Gasteiger partial charge in [0.1, 0.15) is 11.6 Å². The lowest BCUT2D eigenvalue weighted by atomic mass is 10.1. The summed E-state index contributed by atoms with van der Waals surface area (Å²) in [7, 11) is 0. The maximum absolute atomic E-state index is 13.6. The van der Waals surface area contributed by atoms with Gasteiger partial charge < -0.3 is 5.32 Å². The van der Waals surface area contributed by atoms with Crippen LogP contribution in [0.15, 0.2) is 34.2 Å². The molecule has 2 aromatic heterocycles. The molecule has 0 unspecified atom stereocenters. The summed E-state index contributed by atoms with van der Waals surface area (Å²) in [5.41, 5.74) is 0.325. The maximum Gasteiger partial charge on any atom is 0.252 e. The Morgan fingerprint density at radius 1 is 1.31 bits per heavy atom. The molecular weight excluding hydrogens is 364 g/mol. The molecule has 2 N–H and O–H groups in total. The van der Waals surface area contributed by atoms with Gasteiger partial charge >= 0.3 is 0 Å². The first kappa shape index (κ1) is 18.1. The number of nitrogens with one attached hydrogen (secondary N) is 2. The van der Waals surface area contributed by atoms with Gasteiger partial charge in [0, 0.05) is 17.8 Å². The third kappa shape index (κ3) is 3.74. The highest BCUT2D eigenvalue weighted by Gasteiger charge is 2.16. The third-order valence-electron chi connectivity index (χ3n) is 3.53. The molecule has 0 fully saturated rings. The molecule has 1 aromatic carbocycles. The van der Waals surface area contributed by atoms with E-state index in [2.05, 4.69) is 20.5 Å². The van der Waals surface area contributed by atoms with Crippen molar-refractivity contribution in [2.45, 2.75) is 24.9 Å². The molecule has 0 saturated carbocycles. The smallest absolute Gasteiger partial charge is 0.252 e. The van der Waals surface area contributed by atoms with Gasteiger partial charge in [0.05, 0.1) is 11.4 Å². The van der Waals surface area contributed by atoms with Gasteiger partial charge in [0.2, 0.25) is 11.7 Å². The maximum atomic E-state index is 13.6. The Kier molecular flexibility index (Phi) is 5.03. The molecule has 10 heteroatoms. The van der Waals surface area contributed by atoms with Crippen molar-refractivity contribution >= 4 is 29.1 Å². The number of benzene rings is 1. The first-order valence-corrected chi connectivity index (χ1v) is 8.69. The molecule has 0 aliphatic rings. The SMILES string of the molecule is CC(C)c1cc(=O)[nH]c2nnc(SCC(=O)Nc3ccc(F)cc3F)n12. The highest BCUT2D eigenvalue weighted by molar-refractivity contribution is 7.99. The predicted molar refractivity (Wildman–Crippen MR) is 93.4 cm³/mol. The molecule has 0 spiro atoms. The summed E-state index contributed by atoms with van der Waals surface area (Å²) in [5.74, 6) is -1.79. The Hall–Kier alpha value is -2.75. The first-order chi connectivity index (χ1) is 12.3. The Labute approximate surface area is 150 Å². The van der Waals surface area contributed by atoms with Crippen LogP contribution in [0.4, 0.5) is 14.5 Å². The van der Waals surface area contributed by atoms with Crippen molar-refractivity contribution in [3.8, 4) is 0 Å². The number of halogens is 2. The number of carbonyl (C=O) groups excluding carboxylic acids is 1. The fourth-order valence-electron chi connectivity index (χ4n) is 2.35. The molecule has 0 radical (unpaired) electrons. The summed E-state index contributed by atoms with van der Waals surface area (Å²) in [6, 6.07) is 4.36. The van der Waals surface area contributed by atoms with Gasteiger partial charge in [-0.1, -0.05) is 25.6 Å². The number of carbonyl (C=O) groups is 1. The quantitative estimate of drug-likeness (QED) is 0.665. The second kappa shape index (κ2) is 7.24. The molecule has 136 valence electrons. The highest BCUT2D eigenvalue weighted by Crippen LogP contribution is 2.22. The van der Waals surface area contributed by atoms with Gasteiger partial charge in [0.15, 0.2) is 5.16 Å². The lowest BCUT2D eigenvalue weighted by Gasteiger charge is -2.10. The van der Waals surface area contributed by atoms with E-state index in [-0.39, 0.29) is 28.7 Å². The predicted octanol–water partition coefficient (Wildman–Crippen LogP) is 2.55. The van der Waals surface area contributed by atoms with Crippen molar-refractivity contribution in [1.29, 1.82) is 0 Å². The molecule has 3 aromatic rings. The summed E-state index contributed by atoms with van der Waals surface area (Å²) in [6.45, 7) is 3.85. The normalized spacial score (nSPS) is 11.3. The lowest BCUT2D eigenvalue weighted by Crippen LogP contribution is -2.16. The van der Waals surface area contributed by atoms with Crippen LogP contribution < -0.4 is 10.9 Å². The summed E-state index contributed by atoms with van der Waals surface area (Å²) < 4.78 is 28.2. The molecule has 0 aliphatic carbocycles. The molecule has 3 rings (SSSR count). The molecule has 0 saturated heterocycles. The zero-order valence-electron chi connectivity index (χ0n) is 13.9. The number of rotatable bonds is 5. The van der Waals surface area contributed by atoms with Crippen LogP contribution in [0.1, 0.15) is 25.5 Å². The van der Waals surface area contributed by atoms with Gasteiger partial charge in [-0.15, -0.1) is 10.2 Å². The van der Waals surface area contributed by atoms with E-state index < -0.39 is 17.5 Å². The minimum absolute atomic E-state index is 0.0392. The molecule has 0 atom stereocenters. The molecule has 2 heterocycles. The Balaban J connectivity index is 1.77. The van der Waals surface area contributed by atoms with Gasteiger partial charge in [0.25, 0.3) is 5.56 Å². The number of aromatic amines is 1. The molecule has 1 amide bonds. The summed E-state index contributed by atoms with van der Waals surface area (Å²) in [5, 5.41) is 10.7. The minimum Gasteiger partial charge on any atom is -0.323 e. The minimum atomic E-state index is -0.851. The van der Waals surface area contributed by atoms with Crippen molar-refractivity contribution in [2.24, 2.45) is 0 Å². The van der Waals surface area contributed by atoms with Gasteiger partial charge in [-0.3, -0.25) is 19.0 Å². The van der Waals surface area contributed by atoms with Crippen molar-refractivity contribution < 1.29 is 13.6 Å². The monoisotopic (exact) mass is 379 g/mol. The van der Waals surface area contributed by atoms with Gasteiger partial charge in [-0.25, -0.2) is 8.78 Å². The van der Waals surface area contributed by atoms with Crippen LogP contribution in [0.5, 0.6) is 0 Å². The van der Waals surface area contributed by atoms with Crippen LogP contribution in [0.3, 0.4) is 0 Å². The van der Waals surface area contributed by atoms with Gasteiger partial charge in [-0.2, -0.15) is 0 Å². The van der Waals surface area contributed by atoms with Crippen LogP contribution in [0.25, 0.3) is 5.78 Å². The molecular formula is C16H15F2N5O2S. The topological polar surface area (TPSA) is 92.2 Å². The summed E-state index contributed by atoms with van der Waals surface area (Å²) >= 11 is 1.09. The summed E-state index contributed by atoms with van der Waals surface area (Å²) in [4.78, 5) is 26.3. The van der Waals surface area contributed by atoms with E-state index in [0.717, 1.165) is 23.9 Å². The number of H-pyrrole nitrogens is 1. The van der Waals surface area contributed by atoms with Crippen LogP contribution in [0.2, 0.25) is 0 Å². The third-order valence-corrected chi connectivity index (χ3v) is 4.46. The fourth-order valence-corrected chi connectivity index (χ4v) is 3.11. The largest absolute Gasteiger partial charge is 0.323 e.